The molecule has 10 heteroatoms. The normalized spacial score (nSPS) is 29.3. The molecule has 21 heavy (non-hydrogen) atoms. The topological polar surface area (TPSA) is 133 Å². The van der Waals surface area contributed by atoms with E-state index in [0.717, 1.165) is 0 Å². The van der Waals surface area contributed by atoms with Gasteiger partial charge >= 0.3 is 0 Å². The molecule has 4 atom stereocenters. The number of aliphatic hydroxyl groups is 3. The molecule has 0 saturated carbocycles. The first kappa shape index (κ1) is 14.5. The predicted molar refractivity (Wildman–Crippen MR) is 72.9 cm³/mol. The highest BCUT2D eigenvalue weighted by Gasteiger charge is 2.44. The number of rotatable bonds is 3. The molecule has 3 heterocycles. The van der Waals surface area contributed by atoms with Gasteiger partial charge < -0.3 is 25.0 Å². The van der Waals surface area contributed by atoms with Gasteiger partial charge in [-0.1, -0.05) is 11.8 Å². The number of hydrogen-bond acceptors (Lipinski definition) is 8. The van der Waals surface area contributed by atoms with E-state index in [1.165, 1.54) is 22.7 Å². The number of fused-ring (bicyclic) bond motifs is 1. The predicted octanol–water partition coefficient (Wildman–Crippen LogP) is -1.55. The van der Waals surface area contributed by atoms with Gasteiger partial charge in [0, 0.05) is 0 Å². The number of aliphatic hydroxyl groups excluding tert-OH is 3. The van der Waals surface area contributed by atoms with Gasteiger partial charge in [0.25, 0.3) is 5.56 Å². The fourth-order valence-corrected chi connectivity index (χ4v) is 2.94. The van der Waals surface area contributed by atoms with Crippen molar-refractivity contribution < 1.29 is 20.1 Å². The molecule has 3 rings (SSSR count). The van der Waals surface area contributed by atoms with Crippen molar-refractivity contribution in [3.05, 3.63) is 16.7 Å². The van der Waals surface area contributed by atoms with E-state index in [1.807, 2.05) is 0 Å². The van der Waals surface area contributed by atoms with Crippen molar-refractivity contribution in [3.8, 4) is 0 Å². The molecule has 9 nitrogen and oxygen atoms in total. The van der Waals surface area contributed by atoms with Gasteiger partial charge in [0.2, 0.25) is 0 Å². The van der Waals surface area contributed by atoms with Crippen molar-refractivity contribution in [2.24, 2.45) is 0 Å². The first-order valence-electron chi connectivity index (χ1n) is 6.20. The van der Waals surface area contributed by atoms with Crippen LogP contribution in [0.2, 0.25) is 0 Å². The lowest BCUT2D eigenvalue weighted by molar-refractivity contribution is -0.0548. The number of imidazole rings is 1. The molecular weight excluding hydrogens is 300 g/mol. The van der Waals surface area contributed by atoms with Crippen LogP contribution < -0.4 is 5.56 Å². The SMILES string of the molecule is CSc1nc2c(=O)[nH]cnc2n1C1O[C@@H](CO)[C@H](O)[C@@H]1O. The van der Waals surface area contributed by atoms with Crippen LogP contribution >= 0.6 is 11.8 Å². The Balaban J connectivity index is 2.16. The third-order valence-corrected chi connectivity index (χ3v) is 4.06. The molecule has 0 aliphatic carbocycles. The van der Waals surface area contributed by atoms with Gasteiger partial charge in [0.1, 0.15) is 18.3 Å². The highest BCUT2D eigenvalue weighted by Crippen LogP contribution is 2.34. The van der Waals surface area contributed by atoms with Crippen LogP contribution in [0.25, 0.3) is 11.2 Å². The zero-order chi connectivity index (χ0) is 15.1. The minimum Gasteiger partial charge on any atom is -0.394 e. The maximum Gasteiger partial charge on any atom is 0.278 e. The molecule has 0 bridgehead atoms. The molecule has 2 aromatic heterocycles. The van der Waals surface area contributed by atoms with E-state index in [0.29, 0.717) is 5.16 Å². The van der Waals surface area contributed by atoms with E-state index >= 15 is 0 Å². The molecule has 1 aliphatic heterocycles. The second-order valence-electron chi connectivity index (χ2n) is 4.60. The fraction of sp³-hybridized carbons (Fsp3) is 0.545. The number of thioether (sulfide) groups is 1. The van der Waals surface area contributed by atoms with Gasteiger partial charge in [0.05, 0.1) is 12.9 Å². The number of hydrogen-bond donors (Lipinski definition) is 4. The van der Waals surface area contributed by atoms with Crippen LogP contribution in [0.3, 0.4) is 0 Å². The Morgan fingerprint density at radius 1 is 1.48 bits per heavy atom. The highest BCUT2D eigenvalue weighted by atomic mass is 32.2. The molecule has 1 unspecified atom stereocenters. The molecule has 0 spiro atoms. The van der Waals surface area contributed by atoms with E-state index in [2.05, 4.69) is 15.0 Å². The fourth-order valence-electron chi connectivity index (χ4n) is 2.37. The first-order valence-corrected chi connectivity index (χ1v) is 7.43. The minimum absolute atomic E-state index is 0.125. The van der Waals surface area contributed by atoms with E-state index in [9.17, 15) is 15.0 Å². The van der Waals surface area contributed by atoms with Gasteiger partial charge in [-0.05, 0) is 6.26 Å². The van der Waals surface area contributed by atoms with Crippen molar-refractivity contribution in [3.63, 3.8) is 0 Å². The number of nitrogens with one attached hydrogen (secondary N) is 1. The van der Waals surface area contributed by atoms with Crippen molar-refractivity contribution in [1.82, 2.24) is 19.5 Å². The van der Waals surface area contributed by atoms with Gasteiger partial charge in [-0.25, -0.2) is 9.97 Å². The van der Waals surface area contributed by atoms with Crippen molar-refractivity contribution in [2.75, 3.05) is 12.9 Å². The third-order valence-electron chi connectivity index (χ3n) is 3.41. The summed E-state index contributed by atoms with van der Waals surface area (Å²) in [5.41, 5.74) is -0.0293. The summed E-state index contributed by atoms with van der Waals surface area (Å²) in [6.45, 7) is -0.427. The smallest absolute Gasteiger partial charge is 0.278 e. The first-order chi connectivity index (χ1) is 10.1. The number of aromatic amines is 1. The maximum absolute atomic E-state index is 11.8. The van der Waals surface area contributed by atoms with Crippen molar-refractivity contribution in [2.45, 2.75) is 29.7 Å². The quantitative estimate of drug-likeness (QED) is 0.501. The Kier molecular flexibility index (Phi) is 3.71. The Morgan fingerprint density at radius 3 is 2.86 bits per heavy atom. The Labute approximate surface area is 122 Å². The zero-order valence-electron chi connectivity index (χ0n) is 11.0. The number of aromatic nitrogens is 4. The van der Waals surface area contributed by atoms with Crippen molar-refractivity contribution in [1.29, 1.82) is 0 Å². The van der Waals surface area contributed by atoms with E-state index in [1.54, 1.807) is 6.26 Å². The molecule has 1 saturated heterocycles. The highest BCUT2D eigenvalue weighted by molar-refractivity contribution is 7.98. The summed E-state index contributed by atoms with van der Waals surface area (Å²) < 4.78 is 6.93. The third kappa shape index (κ3) is 2.15. The minimum atomic E-state index is -1.26. The van der Waals surface area contributed by atoms with Gasteiger partial charge in [-0.3, -0.25) is 9.36 Å². The lowest BCUT2D eigenvalue weighted by atomic mass is 10.1. The van der Waals surface area contributed by atoms with Gasteiger partial charge in [-0.15, -0.1) is 0 Å². The van der Waals surface area contributed by atoms with E-state index in [-0.39, 0.29) is 11.2 Å². The van der Waals surface area contributed by atoms with Crippen molar-refractivity contribution >= 4 is 22.9 Å². The average molecular weight is 314 g/mol. The van der Waals surface area contributed by atoms with E-state index < -0.39 is 36.7 Å². The van der Waals surface area contributed by atoms with Crippen LogP contribution in [0.4, 0.5) is 0 Å². The number of H-pyrrole nitrogens is 1. The largest absolute Gasteiger partial charge is 0.394 e. The Morgan fingerprint density at radius 2 is 2.24 bits per heavy atom. The van der Waals surface area contributed by atoms with Crippen LogP contribution in [0.15, 0.2) is 16.3 Å². The molecule has 114 valence electrons. The molecule has 0 aromatic carbocycles. The molecular formula is C11H14N4O5S. The van der Waals surface area contributed by atoms with Crippen LogP contribution in [0.5, 0.6) is 0 Å². The van der Waals surface area contributed by atoms with Crippen LogP contribution in [0.1, 0.15) is 6.23 Å². The summed E-state index contributed by atoms with van der Waals surface area (Å²) in [5.74, 6) is 0. The molecule has 1 fully saturated rings. The van der Waals surface area contributed by atoms with Gasteiger partial charge in [-0.2, -0.15) is 0 Å². The Bertz CT molecular complexity index is 716. The summed E-state index contributed by atoms with van der Waals surface area (Å²) in [7, 11) is 0. The molecule has 1 aliphatic rings. The average Bonchev–Trinajstić information content (AvgIpc) is 2.99. The summed E-state index contributed by atoms with van der Waals surface area (Å²) in [6, 6.07) is 0. The second kappa shape index (κ2) is 5.39. The summed E-state index contributed by atoms with van der Waals surface area (Å²) >= 11 is 1.25. The van der Waals surface area contributed by atoms with Crippen LogP contribution in [-0.2, 0) is 4.74 Å². The lowest BCUT2D eigenvalue weighted by Gasteiger charge is -2.18. The monoisotopic (exact) mass is 314 g/mol. The zero-order valence-corrected chi connectivity index (χ0v) is 11.8. The van der Waals surface area contributed by atoms with Crippen LogP contribution in [-0.4, -0.2) is 66.0 Å². The number of ether oxygens (including phenoxy) is 1. The summed E-state index contributed by atoms with van der Waals surface area (Å²) in [5, 5.41) is 29.6. The van der Waals surface area contributed by atoms with Crippen LogP contribution in [0, 0.1) is 0 Å². The summed E-state index contributed by atoms with van der Waals surface area (Å²) in [4.78, 5) is 22.4. The molecule has 0 radical (unpaired) electrons. The lowest BCUT2D eigenvalue weighted by Crippen LogP contribution is -2.33. The number of nitrogens with zero attached hydrogens (tertiary/aromatic N) is 3. The van der Waals surface area contributed by atoms with E-state index in [4.69, 9.17) is 9.84 Å². The standard InChI is InChI=1S/C11H14N4O5S/c1-21-11-14-5-8(12-3-13-9(5)19)15(11)10-7(18)6(17)4(2-16)20-10/h3-4,6-7,10,16-18H,2H2,1H3,(H,12,13,19)/t4-,6-,7-,10?/m0/s1. The second-order valence-corrected chi connectivity index (χ2v) is 5.37. The molecule has 4 N–H and O–H groups in total. The molecule has 0 amide bonds. The Hall–Kier alpha value is -1.46. The maximum atomic E-state index is 11.8. The molecule has 2 aromatic rings. The van der Waals surface area contributed by atoms with Gasteiger partial charge in [0.15, 0.2) is 22.5 Å². The summed E-state index contributed by atoms with van der Waals surface area (Å²) in [6.07, 6.45) is -1.37.